The number of benzene rings is 1. The number of fused-ring (bicyclic) bond motifs is 1. The van der Waals surface area contributed by atoms with Gasteiger partial charge in [0, 0.05) is 32.4 Å². The molecule has 1 aromatic heterocycles. The highest BCUT2D eigenvalue weighted by atomic mass is 16.2. The summed E-state index contributed by atoms with van der Waals surface area (Å²) in [7, 11) is 0. The second kappa shape index (κ2) is 6.03. The first-order valence-electron chi connectivity index (χ1n) is 8.38. The van der Waals surface area contributed by atoms with Crippen LogP contribution < -0.4 is 4.90 Å². The van der Waals surface area contributed by atoms with Crippen molar-refractivity contribution in [1.29, 1.82) is 0 Å². The third-order valence-corrected chi connectivity index (χ3v) is 4.84. The summed E-state index contributed by atoms with van der Waals surface area (Å²) in [6.07, 6.45) is 5.01. The van der Waals surface area contributed by atoms with E-state index in [1.54, 1.807) is 6.20 Å². The molecule has 2 aromatic rings. The highest BCUT2D eigenvalue weighted by Gasteiger charge is 2.21. The fraction of sp³-hybridized carbons (Fsp3) is 0.368. The summed E-state index contributed by atoms with van der Waals surface area (Å²) in [6, 6.07) is 12.5. The number of rotatable bonds is 2. The lowest BCUT2D eigenvalue weighted by Crippen LogP contribution is -2.31. The number of amides is 1. The van der Waals surface area contributed by atoms with Gasteiger partial charge in [-0.3, -0.25) is 4.79 Å². The van der Waals surface area contributed by atoms with Crippen LogP contribution in [-0.4, -0.2) is 35.4 Å². The van der Waals surface area contributed by atoms with Crippen molar-refractivity contribution in [2.45, 2.75) is 25.8 Å². The lowest BCUT2D eigenvalue weighted by Gasteiger charge is -2.29. The smallest absolute Gasteiger partial charge is 0.255 e. The van der Waals surface area contributed by atoms with Crippen LogP contribution in [0.2, 0.25) is 0 Å². The maximum absolute atomic E-state index is 12.4. The quantitative estimate of drug-likeness (QED) is 0.856. The van der Waals surface area contributed by atoms with Gasteiger partial charge in [0.1, 0.15) is 5.82 Å². The summed E-state index contributed by atoms with van der Waals surface area (Å²) in [6.45, 7) is 3.62. The summed E-state index contributed by atoms with van der Waals surface area (Å²) in [5.41, 5.74) is 3.51. The van der Waals surface area contributed by atoms with Gasteiger partial charge in [-0.15, -0.1) is 0 Å². The average Bonchev–Trinajstić information content (AvgIpc) is 3.15. The van der Waals surface area contributed by atoms with E-state index in [0.717, 1.165) is 51.3 Å². The van der Waals surface area contributed by atoms with Crippen LogP contribution >= 0.6 is 0 Å². The second-order valence-corrected chi connectivity index (χ2v) is 6.34. The molecule has 23 heavy (non-hydrogen) atoms. The van der Waals surface area contributed by atoms with Gasteiger partial charge < -0.3 is 9.80 Å². The van der Waals surface area contributed by atoms with Crippen molar-refractivity contribution in [3.63, 3.8) is 0 Å². The highest BCUT2D eigenvalue weighted by molar-refractivity contribution is 5.94. The van der Waals surface area contributed by atoms with Crippen molar-refractivity contribution in [3.05, 3.63) is 59.3 Å². The maximum Gasteiger partial charge on any atom is 0.255 e. The van der Waals surface area contributed by atoms with Crippen molar-refractivity contribution >= 4 is 11.7 Å². The molecule has 1 saturated heterocycles. The Hall–Kier alpha value is -2.36. The van der Waals surface area contributed by atoms with Crippen LogP contribution in [0.5, 0.6) is 0 Å². The van der Waals surface area contributed by atoms with Gasteiger partial charge in [-0.2, -0.15) is 0 Å². The lowest BCUT2D eigenvalue weighted by atomic mass is 10.00. The third-order valence-electron chi connectivity index (χ3n) is 4.84. The molecule has 4 nitrogen and oxygen atoms in total. The Labute approximate surface area is 136 Å². The van der Waals surface area contributed by atoms with E-state index in [2.05, 4.69) is 34.1 Å². The van der Waals surface area contributed by atoms with E-state index in [4.69, 9.17) is 0 Å². The van der Waals surface area contributed by atoms with E-state index in [-0.39, 0.29) is 5.91 Å². The molecule has 4 heteroatoms. The maximum atomic E-state index is 12.4. The SMILES string of the molecule is O=C(c1ccc(N2CCc3ccccc3C2)nc1)N1CCCC1. The van der Waals surface area contributed by atoms with Gasteiger partial charge in [0.2, 0.25) is 0 Å². The topological polar surface area (TPSA) is 36.4 Å². The van der Waals surface area contributed by atoms with E-state index < -0.39 is 0 Å². The molecule has 0 bridgehead atoms. The van der Waals surface area contributed by atoms with E-state index in [0.29, 0.717) is 5.56 Å². The molecule has 1 aromatic carbocycles. The van der Waals surface area contributed by atoms with Crippen molar-refractivity contribution in [1.82, 2.24) is 9.88 Å². The molecule has 1 amide bonds. The molecular weight excluding hydrogens is 286 g/mol. The number of aromatic nitrogens is 1. The zero-order valence-electron chi connectivity index (χ0n) is 13.2. The number of carbonyl (C=O) groups excluding carboxylic acids is 1. The first-order valence-corrected chi connectivity index (χ1v) is 8.38. The van der Waals surface area contributed by atoms with Gasteiger partial charge >= 0.3 is 0 Å². The number of pyridine rings is 1. The monoisotopic (exact) mass is 307 g/mol. The molecule has 0 spiro atoms. The molecule has 0 atom stereocenters. The van der Waals surface area contributed by atoms with Crippen LogP contribution in [0.1, 0.15) is 34.3 Å². The first kappa shape index (κ1) is 14.2. The summed E-state index contributed by atoms with van der Waals surface area (Å²) in [4.78, 5) is 21.1. The zero-order chi connectivity index (χ0) is 15.6. The van der Waals surface area contributed by atoms with Crippen molar-refractivity contribution in [2.75, 3.05) is 24.5 Å². The normalized spacial score (nSPS) is 17.2. The molecule has 1 fully saturated rings. The molecule has 0 N–H and O–H groups in total. The molecule has 0 aliphatic carbocycles. The van der Waals surface area contributed by atoms with Crippen LogP contribution in [0, 0.1) is 0 Å². The van der Waals surface area contributed by atoms with Crippen LogP contribution in [0.3, 0.4) is 0 Å². The van der Waals surface area contributed by atoms with Gasteiger partial charge in [-0.05, 0) is 42.5 Å². The van der Waals surface area contributed by atoms with Gasteiger partial charge in [-0.25, -0.2) is 4.98 Å². The Morgan fingerprint density at radius 1 is 0.957 bits per heavy atom. The van der Waals surface area contributed by atoms with Crippen molar-refractivity contribution in [2.24, 2.45) is 0 Å². The van der Waals surface area contributed by atoms with E-state index in [1.165, 1.54) is 11.1 Å². The summed E-state index contributed by atoms with van der Waals surface area (Å²) < 4.78 is 0. The first-order chi connectivity index (χ1) is 11.3. The van der Waals surface area contributed by atoms with Crippen molar-refractivity contribution in [3.8, 4) is 0 Å². The van der Waals surface area contributed by atoms with E-state index >= 15 is 0 Å². The average molecular weight is 307 g/mol. The number of hydrogen-bond acceptors (Lipinski definition) is 3. The summed E-state index contributed by atoms with van der Waals surface area (Å²) in [5.74, 6) is 1.07. The number of hydrogen-bond donors (Lipinski definition) is 0. The number of anilines is 1. The number of nitrogens with zero attached hydrogens (tertiary/aromatic N) is 3. The molecule has 2 aliphatic heterocycles. The van der Waals surface area contributed by atoms with Crippen LogP contribution in [0.25, 0.3) is 0 Å². The number of likely N-dealkylation sites (tertiary alicyclic amines) is 1. The predicted molar refractivity (Wildman–Crippen MR) is 90.6 cm³/mol. The minimum absolute atomic E-state index is 0.116. The lowest BCUT2D eigenvalue weighted by molar-refractivity contribution is 0.0792. The zero-order valence-corrected chi connectivity index (χ0v) is 13.2. The molecule has 0 unspecified atom stereocenters. The van der Waals surface area contributed by atoms with Gasteiger partial charge in [0.15, 0.2) is 0 Å². The molecule has 2 aliphatic rings. The molecular formula is C19H21N3O. The minimum Gasteiger partial charge on any atom is -0.352 e. The van der Waals surface area contributed by atoms with Crippen LogP contribution in [0.15, 0.2) is 42.6 Å². The summed E-state index contributed by atoms with van der Waals surface area (Å²) in [5, 5.41) is 0. The predicted octanol–water partition coefficient (Wildman–Crippen LogP) is 2.88. The highest BCUT2D eigenvalue weighted by Crippen LogP contribution is 2.23. The molecule has 118 valence electrons. The molecule has 3 heterocycles. The molecule has 0 saturated carbocycles. The Kier molecular flexibility index (Phi) is 3.74. The van der Waals surface area contributed by atoms with E-state index in [1.807, 2.05) is 17.0 Å². The minimum atomic E-state index is 0.116. The van der Waals surface area contributed by atoms with Crippen LogP contribution in [-0.2, 0) is 13.0 Å². The van der Waals surface area contributed by atoms with Crippen molar-refractivity contribution < 1.29 is 4.79 Å². The Morgan fingerprint density at radius 2 is 1.74 bits per heavy atom. The van der Waals surface area contributed by atoms with Gasteiger partial charge in [0.25, 0.3) is 5.91 Å². The fourth-order valence-corrected chi connectivity index (χ4v) is 3.49. The number of carbonyl (C=O) groups is 1. The van der Waals surface area contributed by atoms with Gasteiger partial charge in [-0.1, -0.05) is 24.3 Å². The van der Waals surface area contributed by atoms with Gasteiger partial charge in [0.05, 0.1) is 5.56 Å². The summed E-state index contributed by atoms with van der Waals surface area (Å²) >= 11 is 0. The second-order valence-electron chi connectivity index (χ2n) is 6.34. The Morgan fingerprint density at radius 3 is 2.48 bits per heavy atom. The third kappa shape index (κ3) is 2.81. The fourth-order valence-electron chi connectivity index (χ4n) is 3.49. The molecule has 0 radical (unpaired) electrons. The Balaban J connectivity index is 1.49. The molecule has 4 rings (SSSR count). The van der Waals surface area contributed by atoms with Crippen LogP contribution in [0.4, 0.5) is 5.82 Å². The van der Waals surface area contributed by atoms with E-state index in [9.17, 15) is 4.79 Å². The Bertz CT molecular complexity index is 705. The standard InChI is InChI=1S/C19H21N3O/c23-19(21-10-3-4-11-21)16-7-8-18(20-13-16)22-12-9-15-5-1-2-6-17(15)14-22/h1-2,5-8,13H,3-4,9-12,14H2. The largest absolute Gasteiger partial charge is 0.352 e.